The summed E-state index contributed by atoms with van der Waals surface area (Å²) in [6.45, 7) is 0. The summed E-state index contributed by atoms with van der Waals surface area (Å²) < 4.78 is 16.8. The molecule has 176 valence electrons. The smallest absolute Gasteiger partial charge is 0.343 e. The third-order valence-corrected chi connectivity index (χ3v) is 5.69. The number of nitrogens with zero attached hydrogens (tertiary/aromatic N) is 1. The molecule has 0 unspecified atom stereocenters. The van der Waals surface area contributed by atoms with Crippen molar-refractivity contribution < 1.29 is 23.8 Å². The number of nitrogens with one attached hydrogen (secondary N) is 1. The van der Waals surface area contributed by atoms with Crippen LogP contribution in [0.1, 0.15) is 26.3 Å². The molecule has 0 spiro atoms. The van der Waals surface area contributed by atoms with Gasteiger partial charge in [0.2, 0.25) is 0 Å². The van der Waals surface area contributed by atoms with Gasteiger partial charge in [-0.15, -0.1) is 0 Å². The standard InChI is InChI=1S/C27H21BrN2O5/c1-33-24-12-10-18(15-25(24)34-2)27(32)35-23-13-11-20(28)14-19(23)16-29-30-26(31)22-9-5-7-17-6-3-4-8-21(17)22/h3-16H,1-2H3,(H,30,31)/b29-16+. The number of ether oxygens (including phenoxy) is 3. The summed E-state index contributed by atoms with van der Waals surface area (Å²) in [6, 6.07) is 23.0. The Morgan fingerprint density at radius 1 is 0.857 bits per heavy atom. The summed E-state index contributed by atoms with van der Waals surface area (Å²) in [7, 11) is 3.01. The highest BCUT2D eigenvalue weighted by atomic mass is 79.9. The molecule has 0 heterocycles. The first-order chi connectivity index (χ1) is 17.0. The minimum atomic E-state index is -0.581. The van der Waals surface area contributed by atoms with Gasteiger partial charge in [-0.25, -0.2) is 10.2 Å². The van der Waals surface area contributed by atoms with Crippen molar-refractivity contribution in [2.24, 2.45) is 5.10 Å². The van der Waals surface area contributed by atoms with E-state index in [1.807, 2.05) is 36.4 Å². The van der Waals surface area contributed by atoms with Gasteiger partial charge in [0.05, 0.1) is 26.0 Å². The number of esters is 1. The van der Waals surface area contributed by atoms with E-state index in [2.05, 4.69) is 26.5 Å². The largest absolute Gasteiger partial charge is 0.493 e. The molecular weight excluding hydrogens is 512 g/mol. The molecule has 1 amide bonds. The van der Waals surface area contributed by atoms with E-state index < -0.39 is 5.97 Å². The van der Waals surface area contributed by atoms with Gasteiger partial charge in [0.1, 0.15) is 5.75 Å². The van der Waals surface area contributed by atoms with Crippen LogP contribution in [0.2, 0.25) is 0 Å². The zero-order valence-corrected chi connectivity index (χ0v) is 20.5. The molecule has 0 aromatic heterocycles. The van der Waals surface area contributed by atoms with E-state index in [9.17, 15) is 9.59 Å². The fourth-order valence-electron chi connectivity index (χ4n) is 3.48. The average molecular weight is 533 g/mol. The molecule has 0 aliphatic heterocycles. The molecule has 0 fully saturated rings. The molecule has 1 N–H and O–H groups in total. The number of hydrogen-bond donors (Lipinski definition) is 1. The van der Waals surface area contributed by atoms with Crippen molar-refractivity contribution in [2.75, 3.05) is 14.2 Å². The Morgan fingerprint density at radius 2 is 1.60 bits per heavy atom. The molecule has 8 heteroatoms. The first-order valence-corrected chi connectivity index (χ1v) is 11.3. The molecule has 4 rings (SSSR count). The van der Waals surface area contributed by atoms with Gasteiger partial charge in [0.15, 0.2) is 11.5 Å². The van der Waals surface area contributed by atoms with Gasteiger partial charge in [-0.1, -0.05) is 52.3 Å². The van der Waals surface area contributed by atoms with Gasteiger partial charge in [0, 0.05) is 15.6 Å². The number of carbonyl (C=O) groups is 2. The van der Waals surface area contributed by atoms with Gasteiger partial charge in [-0.2, -0.15) is 5.10 Å². The molecule has 4 aromatic carbocycles. The Bertz CT molecular complexity index is 1430. The zero-order valence-electron chi connectivity index (χ0n) is 18.9. The predicted molar refractivity (Wildman–Crippen MR) is 138 cm³/mol. The van der Waals surface area contributed by atoms with Crippen LogP contribution in [0.15, 0.2) is 88.4 Å². The van der Waals surface area contributed by atoms with Gasteiger partial charge in [-0.05, 0) is 53.2 Å². The lowest BCUT2D eigenvalue weighted by Crippen LogP contribution is -2.18. The maximum Gasteiger partial charge on any atom is 0.343 e. The number of hydrogen-bond acceptors (Lipinski definition) is 6. The topological polar surface area (TPSA) is 86.2 Å². The average Bonchev–Trinajstić information content (AvgIpc) is 2.89. The van der Waals surface area contributed by atoms with Crippen molar-refractivity contribution in [1.29, 1.82) is 0 Å². The molecular formula is C27H21BrN2O5. The number of methoxy groups -OCH3 is 2. The molecule has 35 heavy (non-hydrogen) atoms. The summed E-state index contributed by atoms with van der Waals surface area (Å²) >= 11 is 3.41. The van der Waals surface area contributed by atoms with E-state index in [1.165, 1.54) is 26.5 Å². The van der Waals surface area contributed by atoms with Crippen LogP contribution in [-0.4, -0.2) is 32.3 Å². The van der Waals surface area contributed by atoms with Gasteiger partial charge in [0.25, 0.3) is 5.91 Å². The fourth-order valence-corrected chi connectivity index (χ4v) is 3.86. The summed E-state index contributed by atoms with van der Waals surface area (Å²) in [5.74, 6) is 0.258. The van der Waals surface area contributed by atoms with E-state index in [0.29, 0.717) is 22.6 Å². The molecule has 0 atom stereocenters. The number of halogens is 1. The number of carbonyl (C=O) groups excluding carboxylic acids is 2. The van der Waals surface area contributed by atoms with Gasteiger partial charge in [-0.3, -0.25) is 4.79 Å². The first-order valence-electron chi connectivity index (χ1n) is 10.5. The van der Waals surface area contributed by atoms with Crippen LogP contribution in [0.5, 0.6) is 17.2 Å². The number of benzene rings is 4. The first kappa shape index (κ1) is 24.0. The normalized spacial score (nSPS) is 10.8. The Labute approximate surface area is 210 Å². The second-order valence-electron chi connectivity index (χ2n) is 7.37. The second kappa shape index (κ2) is 10.8. The summed E-state index contributed by atoms with van der Waals surface area (Å²) in [4.78, 5) is 25.5. The summed E-state index contributed by atoms with van der Waals surface area (Å²) in [5.41, 5.74) is 3.83. The quantitative estimate of drug-likeness (QED) is 0.145. The van der Waals surface area contributed by atoms with Crippen LogP contribution < -0.4 is 19.6 Å². The molecule has 0 aliphatic carbocycles. The van der Waals surface area contributed by atoms with Crippen LogP contribution in [0.4, 0.5) is 0 Å². The number of fused-ring (bicyclic) bond motifs is 1. The van der Waals surface area contributed by atoms with E-state index >= 15 is 0 Å². The summed E-state index contributed by atoms with van der Waals surface area (Å²) in [6.07, 6.45) is 1.42. The highest BCUT2D eigenvalue weighted by Crippen LogP contribution is 2.29. The van der Waals surface area contributed by atoms with Crippen molar-refractivity contribution in [3.63, 3.8) is 0 Å². The SMILES string of the molecule is COc1ccc(C(=O)Oc2ccc(Br)cc2/C=N/NC(=O)c2cccc3ccccc23)cc1OC. The molecule has 0 saturated carbocycles. The van der Waals surface area contributed by atoms with Crippen LogP contribution in [-0.2, 0) is 0 Å². The third kappa shape index (κ3) is 5.50. The van der Waals surface area contributed by atoms with E-state index in [1.54, 1.807) is 36.4 Å². The monoisotopic (exact) mass is 532 g/mol. The lowest BCUT2D eigenvalue weighted by Gasteiger charge is -2.11. The molecule has 0 aliphatic rings. The van der Waals surface area contributed by atoms with Crippen molar-refractivity contribution in [3.8, 4) is 17.2 Å². The lowest BCUT2D eigenvalue weighted by molar-refractivity contribution is 0.0733. The lowest BCUT2D eigenvalue weighted by atomic mass is 10.0. The molecule has 4 aromatic rings. The minimum Gasteiger partial charge on any atom is -0.493 e. The Kier molecular flexibility index (Phi) is 7.42. The molecule has 0 saturated heterocycles. The van der Waals surface area contributed by atoms with Crippen LogP contribution in [0.25, 0.3) is 10.8 Å². The Hall–Kier alpha value is -4.17. The third-order valence-electron chi connectivity index (χ3n) is 5.20. The Balaban J connectivity index is 1.53. The van der Waals surface area contributed by atoms with Crippen molar-refractivity contribution in [1.82, 2.24) is 5.43 Å². The van der Waals surface area contributed by atoms with E-state index in [4.69, 9.17) is 14.2 Å². The van der Waals surface area contributed by atoms with E-state index in [0.717, 1.165) is 15.2 Å². The number of amides is 1. The van der Waals surface area contributed by atoms with Crippen molar-refractivity contribution in [2.45, 2.75) is 0 Å². The molecule has 0 bridgehead atoms. The second-order valence-corrected chi connectivity index (χ2v) is 8.28. The predicted octanol–water partition coefficient (Wildman–Crippen LogP) is 5.60. The van der Waals surface area contributed by atoms with Gasteiger partial charge < -0.3 is 14.2 Å². The van der Waals surface area contributed by atoms with Crippen LogP contribution in [0, 0.1) is 0 Å². The highest BCUT2D eigenvalue weighted by molar-refractivity contribution is 9.10. The van der Waals surface area contributed by atoms with Gasteiger partial charge >= 0.3 is 5.97 Å². The van der Waals surface area contributed by atoms with Crippen molar-refractivity contribution in [3.05, 3.63) is 100 Å². The maximum absolute atomic E-state index is 12.8. The maximum atomic E-state index is 12.8. The van der Waals surface area contributed by atoms with Crippen molar-refractivity contribution >= 4 is 44.8 Å². The van der Waals surface area contributed by atoms with Crippen LogP contribution >= 0.6 is 15.9 Å². The minimum absolute atomic E-state index is 0.274. The summed E-state index contributed by atoms with van der Waals surface area (Å²) in [5, 5.41) is 5.87. The molecule has 0 radical (unpaired) electrons. The zero-order chi connectivity index (χ0) is 24.8. The van der Waals surface area contributed by atoms with Crippen LogP contribution in [0.3, 0.4) is 0 Å². The highest BCUT2D eigenvalue weighted by Gasteiger charge is 2.15. The number of rotatable bonds is 7. The van der Waals surface area contributed by atoms with E-state index in [-0.39, 0.29) is 17.2 Å². The fraction of sp³-hybridized carbons (Fsp3) is 0.0741. The number of hydrazone groups is 1. The Morgan fingerprint density at radius 3 is 2.40 bits per heavy atom. The molecule has 7 nitrogen and oxygen atoms in total.